The van der Waals surface area contributed by atoms with E-state index in [9.17, 15) is 4.21 Å². The highest BCUT2D eigenvalue weighted by Crippen LogP contribution is 2.36. The lowest BCUT2D eigenvalue weighted by Gasteiger charge is -2.30. The average Bonchev–Trinajstić information content (AvgIpc) is 2.73. The number of halogens is 1. The fraction of sp³-hybridized carbons (Fsp3) is 0.667. The third-order valence-corrected chi connectivity index (χ3v) is 6.99. The topological polar surface area (TPSA) is 72.0 Å². The zero-order chi connectivity index (χ0) is 21.2. The maximum Gasteiger partial charge on any atom is 0.191 e. The van der Waals surface area contributed by atoms with Gasteiger partial charge in [-0.15, -0.1) is 0 Å². The molecule has 0 aliphatic heterocycles. The van der Waals surface area contributed by atoms with E-state index in [2.05, 4.69) is 10.6 Å². The van der Waals surface area contributed by atoms with Gasteiger partial charge in [0.25, 0.3) is 0 Å². The van der Waals surface area contributed by atoms with Gasteiger partial charge in [0, 0.05) is 34.4 Å². The summed E-state index contributed by atoms with van der Waals surface area (Å²) in [5.41, 5.74) is 0.945. The predicted molar refractivity (Wildman–Crippen MR) is 122 cm³/mol. The fourth-order valence-electron chi connectivity index (χ4n) is 3.58. The molecule has 0 bridgehead atoms. The van der Waals surface area contributed by atoms with Crippen LogP contribution in [0, 0.1) is 0 Å². The molecule has 0 spiro atoms. The van der Waals surface area contributed by atoms with E-state index >= 15 is 0 Å². The molecule has 1 aliphatic rings. The number of benzene rings is 1. The molecule has 1 aromatic rings. The van der Waals surface area contributed by atoms with Crippen LogP contribution in [0.4, 0.5) is 0 Å². The summed E-state index contributed by atoms with van der Waals surface area (Å²) in [6, 6.07) is 4.06. The number of hydrogen-bond donors (Lipinski definition) is 2. The molecule has 0 heterocycles. The SMILES string of the molecule is CCNC(=NCc1cc(Cl)c(OCC)c(OC)c1)NC1CCCC(S(=O)CC)C1. The number of ether oxygens (including phenoxy) is 2. The fourth-order valence-corrected chi connectivity index (χ4v) is 5.22. The summed E-state index contributed by atoms with van der Waals surface area (Å²) in [5, 5.41) is 7.63. The van der Waals surface area contributed by atoms with Crippen molar-refractivity contribution < 1.29 is 13.7 Å². The van der Waals surface area contributed by atoms with Crippen LogP contribution in [0.3, 0.4) is 0 Å². The Hall–Kier alpha value is -1.47. The zero-order valence-electron chi connectivity index (χ0n) is 17.9. The van der Waals surface area contributed by atoms with E-state index in [4.69, 9.17) is 26.1 Å². The minimum absolute atomic E-state index is 0.281. The smallest absolute Gasteiger partial charge is 0.191 e. The van der Waals surface area contributed by atoms with Gasteiger partial charge >= 0.3 is 0 Å². The number of aliphatic imine (C=N–C) groups is 1. The first-order valence-electron chi connectivity index (χ1n) is 10.4. The van der Waals surface area contributed by atoms with Crippen LogP contribution in [0.15, 0.2) is 17.1 Å². The maximum atomic E-state index is 12.2. The lowest BCUT2D eigenvalue weighted by atomic mass is 9.95. The minimum atomic E-state index is -0.737. The summed E-state index contributed by atoms with van der Waals surface area (Å²) < 4.78 is 23.2. The molecular formula is C21H34ClN3O3S. The third kappa shape index (κ3) is 7.07. The van der Waals surface area contributed by atoms with Gasteiger partial charge in [0.1, 0.15) is 0 Å². The second-order valence-electron chi connectivity index (χ2n) is 7.04. The van der Waals surface area contributed by atoms with Crippen molar-refractivity contribution in [1.82, 2.24) is 10.6 Å². The van der Waals surface area contributed by atoms with E-state index in [1.54, 1.807) is 7.11 Å². The summed E-state index contributed by atoms with van der Waals surface area (Å²) in [6.07, 6.45) is 4.15. The molecule has 0 aromatic heterocycles. The van der Waals surface area contributed by atoms with E-state index in [0.29, 0.717) is 35.7 Å². The summed E-state index contributed by atoms with van der Waals surface area (Å²) in [5.74, 6) is 2.67. The van der Waals surface area contributed by atoms with E-state index in [-0.39, 0.29) is 5.25 Å². The highest BCUT2D eigenvalue weighted by Gasteiger charge is 2.26. The molecule has 3 atom stereocenters. The number of methoxy groups -OCH3 is 1. The minimum Gasteiger partial charge on any atom is -0.493 e. The van der Waals surface area contributed by atoms with Crippen LogP contribution in [-0.2, 0) is 17.3 Å². The van der Waals surface area contributed by atoms with Gasteiger partial charge in [-0.25, -0.2) is 4.99 Å². The molecular weight excluding hydrogens is 410 g/mol. The molecule has 0 radical (unpaired) electrons. The second kappa shape index (κ2) is 12.3. The van der Waals surface area contributed by atoms with Gasteiger partial charge in [0.2, 0.25) is 0 Å². The predicted octanol–water partition coefficient (Wildman–Crippen LogP) is 3.88. The Bertz CT molecular complexity index is 715. The first kappa shape index (κ1) is 23.8. The quantitative estimate of drug-likeness (QED) is 0.447. The number of hydrogen-bond acceptors (Lipinski definition) is 4. The van der Waals surface area contributed by atoms with Gasteiger partial charge in [-0.3, -0.25) is 4.21 Å². The highest BCUT2D eigenvalue weighted by atomic mass is 35.5. The zero-order valence-corrected chi connectivity index (χ0v) is 19.5. The van der Waals surface area contributed by atoms with Crippen molar-refractivity contribution in [3.63, 3.8) is 0 Å². The van der Waals surface area contributed by atoms with Gasteiger partial charge in [-0.2, -0.15) is 0 Å². The number of nitrogens with zero attached hydrogens (tertiary/aromatic N) is 1. The summed E-state index contributed by atoms with van der Waals surface area (Å²) in [4.78, 5) is 4.72. The molecule has 3 unspecified atom stereocenters. The Morgan fingerprint density at radius 2 is 2.10 bits per heavy atom. The van der Waals surface area contributed by atoms with Crippen molar-refractivity contribution in [3.8, 4) is 11.5 Å². The number of rotatable bonds is 9. The molecule has 2 N–H and O–H groups in total. The van der Waals surface area contributed by atoms with Crippen molar-refractivity contribution in [1.29, 1.82) is 0 Å². The van der Waals surface area contributed by atoms with E-state index in [0.717, 1.165) is 49.5 Å². The number of guanidine groups is 1. The molecule has 6 nitrogen and oxygen atoms in total. The molecule has 1 fully saturated rings. The van der Waals surface area contributed by atoms with Crippen molar-refractivity contribution in [3.05, 3.63) is 22.7 Å². The Morgan fingerprint density at radius 1 is 1.31 bits per heavy atom. The summed E-state index contributed by atoms with van der Waals surface area (Å²) in [7, 11) is 0.866. The van der Waals surface area contributed by atoms with E-state index in [1.807, 2.05) is 32.9 Å². The molecule has 2 rings (SSSR count). The monoisotopic (exact) mass is 443 g/mol. The molecule has 8 heteroatoms. The molecule has 0 amide bonds. The summed E-state index contributed by atoms with van der Waals surface area (Å²) >= 11 is 6.37. The van der Waals surface area contributed by atoms with Crippen LogP contribution in [0.1, 0.15) is 52.0 Å². The Kier molecular flexibility index (Phi) is 10.1. The average molecular weight is 444 g/mol. The standard InChI is InChI=1S/C21H34ClN3O3S/c1-5-23-21(25-16-9-8-10-17(13-16)29(26)7-3)24-14-15-11-18(22)20(28-6-2)19(12-15)27-4/h11-12,16-17H,5-10,13-14H2,1-4H3,(H2,23,24,25). The third-order valence-electron chi connectivity index (χ3n) is 4.97. The summed E-state index contributed by atoms with van der Waals surface area (Å²) in [6.45, 7) is 7.71. The molecule has 1 aliphatic carbocycles. The normalized spacial score (nSPS) is 20.8. The van der Waals surface area contributed by atoms with Crippen LogP contribution in [-0.4, -0.2) is 47.5 Å². The van der Waals surface area contributed by atoms with Gasteiger partial charge in [0.05, 0.1) is 25.3 Å². The van der Waals surface area contributed by atoms with Crippen LogP contribution < -0.4 is 20.1 Å². The van der Waals surface area contributed by atoms with Crippen molar-refractivity contribution in [2.75, 3.05) is 26.0 Å². The number of nitrogens with one attached hydrogen (secondary N) is 2. The molecule has 1 aromatic carbocycles. The van der Waals surface area contributed by atoms with Crippen molar-refractivity contribution in [2.45, 2.75) is 64.3 Å². The van der Waals surface area contributed by atoms with Crippen LogP contribution >= 0.6 is 11.6 Å². The van der Waals surface area contributed by atoms with Crippen LogP contribution in [0.5, 0.6) is 11.5 Å². The van der Waals surface area contributed by atoms with Crippen LogP contribution in [0.25, 0.3) is 0 Å². The Morgan fingerprint density at radius 3 is 2.76 bits per heavy atom. The largest absolute Gasteiger partial charge is 0.493 e. The maximum absolute atomic E-state index is 12.2. The first-order valence-corrected chi connectivity index (χ1v) is 12.2. The lowest BCUT2D eigenvalue weighted by molar-refractivity contribution is 0.311. The first-order chi connectivity index (χ1) is 14.0. The van der Waals surface area contributed by atoms with Crippen molar-refractivity contribution in [2.24, 2.45) is 4.99 Å². The molecule has 29 heavy (non-hydrogen) atoms. The van der Waals surface area contributed by atoms with Gasteiger partial charge < -0.3 is 20.1 Å². The Labute approximate surface area is 182 Å². The van der Waals surface area contributed by atoms with Gasteiger partial charge in [0.15, 0.2) is 17.5 Å². The molecule has 0 saturated heterocycles. The van der Waals surface area contributed by atoms with Crippen molar-refractivity contribution >= 4 is 28.4 Å². The van der Waals surface area contributed by atoms with Gasteiger partial charge in [-0.1, -0.05) is 24.9 Å². The molecule has 1 saturated carbocycles. The lowest BCUT2D eigenvalue weighted by Crippen LogP contribution is -2.46. The van der Waals surface area contributed by atoms with Crippen LogP contribution in [0.2, 0.25) is 5.02 Å². The molecule has 164 valence electrons. The second-order valence-corrected chi connectivity index (χ2v) is 9.45. The van der Waals surface area contributed by atoms with Gasteiger partial charge in [-0.05, 0) is 50.8 Å². The Balaban J connectivity index is 2.09. The van der Waals surface area contributed by atoms with E-state index in [1.165, 1.54) is 0 Å². The van der Waals surface area contributed by atoms with E-state index < -0.39 is 10.8 Å². The highest BCUT2D eigenvalue weighted by molar-refractivity contribution is 7.85.